The molecule has 0 aromatic heterocycles. The van der Waals surface area contributed by atoms with Crippen molar-refractivity contribution >= 4 is 0 Å². The number of hydrogen-bond acceptors (Lipinski definition) is 3. The van der Waals surface area contributed by atoms with Crippen LogP contribution in [0.4, 0.5) is 0 Å². The van der Waals surface area contributed by atoms with Gasteiger partial charge in [0.2, 0.25) is 0 Å². The predicted molar refractivity (Wildman–Crippen MR) is 91.6 cm³/mol. The molecule has 0 aromatic carbocycles. The molecule has 1 aliphatic rings. The molecule has 0 radical (unpaired) electrons. The fourth-order valence-corrected chi connectivity index (χ4v) is 4.05. The van der Waals surface area contributed by atoms with E-state index in [0.717, 1.165) is 19.7 Å². The summed E-state index contributed by atoms with van der Waals surface area (Å²) in [4.78, 5) is 2.71. The topological polar surface area (TPSA) is 38.5 Å². The average Bonchev–Trinajstić information content (AvgIpc) is 2.62. The number of nitrogens with two attached hydrogens (primary N) is 1. The van der Waals surface area contributed by atoms with E-state index in [9.17, 15) is 0 Å². The van der Waals surface area contributed by atoms with Gasteiger partial charge in [-0.25, -0.2) is 0 Å². The van der Waals surface area contributed by atoms with Crippen molar-refractivity contribution in [1.82, 2.24) is 4.90 Å². The zero-order chi connectivity index (χ0) is 15.9. The van der Waals surface area contributed by atoms with E-state index in [4.69, 9.17) is 10.5 Å². The van der Waals surface area contributed by atoms with Crippen LogP contribution in [0, 0.1) is 5.41 Å². The Morgan fingerprint density at radius 2 is 1.76 bits per heavy atom. The quantitative estimate of drug-likeness (QED) is 0.693. The van der Waals surface area contributed by atoms with Crippen LogP contribution in [0.2, 0.25) is 0 Å². The minimum Gasteiger partial charge on any atom is -0.383 e. The van der Waals surface area contributed by atoms with Gasteiger partial charge in [-0.3, -0.25) is 4.90 Å². The van der Waals surface area contributed by atoms with Crippen LogP contribution in [0.15, 0.2) is 0 Å². The van der Waals surface area contributed by atoms with Crippen molar-refractivity contribution in [3.8, 4) is 0 Å². The molecule has 0 aliphatic heterocycles. The van der Waals surface area contributed by atoms with Crippen molar-refractivity contribution in [2.75, 3.05) is 26.8 Å². The third kappa shape index (κ3) is 4.94. The Balaban J connectivity index is 2.97. The van der Waals surface area contributed by atoms with E-state index in [1.807, 2.05) is 0 Å². The molecule has 1 unspecified atom stereocenters. The highest BCUT2D eigenvalue weighted by atomic mass is 16.5. The van der Waals surface area contributed by atoms with Gasteiger partial charge in [0.05, 0.1) is 6.61 Å². The summed E-state index contributed by atoms with van der Waals surface area (Å²) in [6.45, 7) is 12.0. The second kappa shape index (κ2) is 8.50. The van der Waals surface area contributed by atoms with E-state index in [2.05, 4.69) is 32.6 Å². The lowest BCUT2D eigenvalue weighted by molar-refractivity contribution is 0.00827. The van der Waals surface area contributed by atoms with Gasteiger partial charge >= 0.3 is 0 Å². The smallest absolute Gasteiger partial charge is 0.0590 e. The van der Waals surface area contributed by atoms with Gasteiger partial charge in [0.15, 0.2) is 0 Å². The van der Waals surface area contributed by atoms with Gasteiger partial charge in [-0.2, -0.15) is 0 Å². The number of nitrogens with zero attached hydrogens (tertiary/aromatic N) is 1. The molecule has 0 aromatic rings. The summed E-state index contributed by atoms with van der Waals surface area (Å²) < 4.78 is 5.38. The van der Waals surface area contributed by atoms with Crippen LogP contribution in [-0.2, 0) is 4.74 Å². The van der Waals surface area contributed by atoms with Gasteiger partial charge in [0.1, 0.15) is 0 Å². The predicted octanol–water partition coefficient (Wildman–Crippen LogP) is 3.81. The van der Waals surface area contributed by atoms with E-state index < -0.39 is 0 Å². The van der Waals surface area contributed by atoms with Crippen LogP contribution in [-0.4, -0.2) is 43.3 Å². The number of methoxy groups -OCH3 is 1. The van der Waals surface area contributed by atoms with E-state index >= 15 is 0 Å². The van der Waals surface area contributed by atoms with E-state index in [0.29, 0.717) is 11.5 Å². The normalized spacial score (nSPS) is 26.3. The summed E-state index contributed by atoms with van der Waals surface area (Å²) in [5.41, 5.74) is 6.99. The first-order chi connectivity index (χ1) is 9.94. The number of hydrogen-bond donors (Lipinski definition) is 1. The molecule has 126 valence electrons. The minimum atomic E-state index is 0.184. The molecule has 0 amide bonds. The summed E-state index contributed by atoms with van der Waals surface area (Å²) in [5, 5.41) is 0. The lowest BCUT2D eigenvalue weighted by Crippen LogP contribution is -2.58. The second-order valence-corrected chi connectivity index (χ2v) is 7.60. The largest absolute Gasteiger partial charge is 0.383 e. The highest BCUT2D eigenvalue weighted by molar-refractivity contribution is 4.98. The molecule has 1 fully saturated rings. The van der Waals surface area contributed by atoms with E-state index in [-0.39, 0.29) is 5.54 Å². The van der Waals surface area contributed by atoms with Crippen molar-refractivity contribution < 1.29 is 4.74 Å². The fourth-order valence-electron chi connectivity index (χ4n) is 4.05. The van der Waals surface area contributed by atoms with Crippen molar-refractivity contribution in [1.29, 1.82) is 0 Å². The van der Waals surface area contributed by atoms with E-state index in [1.165, 1.54) is 44.9 Å². The Morgan fingerprint density at radius 1 is 1.10 bits per heavy atom. The van der Waals surface area contributed by atoms with Crippen molar-refractivity contribution in [3.05, 3.63) is 0 Å². The lowest BCUT2D eigenvalue weighted by Gasteiger charge is -2.47. The van der Waals surface area contributed by atoms with Crippen LogP contribution < -0.4 is 5.73 Å². The minimum absolute atomic E-state index is 0.184. The van der Waals surface area contributed by atoms with Crippen LogP contribution in [0.5, 0.6) is 0 Å². The lowest BCUT2D eigenvalue weighted by atomic mass is 9.82. The Morgan fingerprint density at radius 3 is 2.29 bits per heavy atom. The summed E-state index contributed by atoms with van der Waals surface area (Å²) >= 11 is 0. The number of ether oxygens (including phenoxy) is 1. The van der Waals surface area contributed by atoms with E-state index in [1.54, 1.807) is 7.11 Å². The summed E-state index contributed by atoms with van der Waals surface area (Å²) in [7, 11) is 1.80. The van der Waals surface area contributed by atoms with Crippen LogP contribution in [0.3, 0.4) is 0 Å². The maximum absolute atomic E-state index is 6.33. The molecule has 0 bridgehead atoms. The highest BCUT2D eigenvalue weighted by Crippen LogP contribution is 2.41. The van der Waals surface area contributed by atoms with Gasteiger partial charge < -0.3 is 10.5 Å². The molecule has 1 saturated carbocycles. The summed E-state index contributed by atoms with van der Waals surface area (Å²) in [6.07, 6.45) is 8.79. The van der Waals surface area contributed by atoms with Gasteiger partial charge in [0, 0.05) is 31.8 Å². The van der Waals surface area contributed by atoms with Gasteiger partial charge in [-0.15, -0.1) is 0 Å². The monoisotopic (exact) mass is 298 g/mol. The number of rotatable bonds is 8. The molecule has 3 nitrogen and oxygen atoms in total. The molecule has 0 spiro atoms. The Labute approximate surface area is 132 Å². The molecular weight excluding hydrogens is 260 g/mol. The summed E-state index contributed by atoms with van der Waals surface area (Å²) in [6, 6.07) is 0.630. The van der Waals surface area contributed by atoms with Crippen LogP contribution >= 0.6 is 0 Å². The average molecular weight is 299 g/mol. The molecule has 2 N–H and O–H groups in total. The zero-order valence-corrected chi connectivity index (χ0v) is 15.1. The van der Waals surface area contributed by atoms with Gasteiger partial charge in [0.25, 0.3) is 0 Å². The zero-order valence-electron chi connectivity index (χ0n) is 15.1. The van der Waals surface area contributed by atoms with Gasteiger partial charge in [-0.1, -0.05) is 34.1 Å². The first-order valence-electron chi connectivity index (χ1n) is 8.90. The Bertz CT molecular complexity index is 289. The molecule has 1 rings (SSSR count). The molecule has 3 heteroatoms. The van der Waals surface area contributed by atoms with Crippen molar-refractivity contribution in [2.45, 2.75) is 84.2 Å². The van der Waals surface area contributed by atoms with Gasteiger partial charge in [-0.05, 0) is 43.9 Å². The third-order valence-electron chi connectivity index (χ3n) is 5.67. The van der Waals surface area contributed by atoms with Crippen LogP contribution in [0.25, 0.3) is 0 Å². The standard InChI is InChI=1S/C18H38N2O/c1-6-16(7-2)20(13-14-21-5)18(15-19)10-8-9-17(3,4)11-12-18/h16H,6-15,19H2,1-5H3. The first-order valence-corrected chi connectivity index (χ1v) is 8.90. The molecule has 1 aliphatic carbocycles. The Hall–Kier alpha value is -0.120. The maximum atomic E-state index is 6.33. The van der Waals surface area contributed by atoms with Crippen molar-refractivity contribution in [2.24, 2.45) is 11.1 Å². The highest BCUT2D eigenvalue weighted by Gasteiger charge is 2.41. The first kappa shape index (κ1) is 18.9. The maximum Gasteiger partial charge on any atom is 0.0590 e. The molecule has 1 atom stereocenters. The third-order valence-corrected chi connectivity index (χ3v) is 5.67. The molecule has 0 saturated heterocycles. The van der Waals surface area contributed by atoms with Crippen molar-refractivity contribution in [3.63, 3.8) is 0 Å². The molecule has 21 heavy (non-hydrogen) atoms. The Kier molecular flexibility index (Phi) is 7.66. The fraction of sp³-hybridized carbons (Fsp3) is 1.00. The van der Waals surface area contributed by atoms with Crippen LogP contribution in [0.1, 0.15) is 72.6 Å². The molecule has 0 heterocycles. The SMILES string of the molecule is CCC(CC)N(CCOC)C1(CN)CCCC(C)(C)CC1. The summed E-state index contributed by atoms with van der Waals surface area (Å²) in [5.74, 6) is 0. The second-order valence-electron chi connectivity index (χ2n) is 7.60. The molecular formula is C18H38N2O.